The van der Waals surface area contributed by atoms with Crippen LogP contribution in [0.2, 0.25) is 5.02 Å². The van der Waals surface area contributed by atoms with Crippen LogP contribution in [-0.2, 0) is 17.8 Å². The Morgan fingerprint density at radius 3 is 2.78 bits per heavy atom. The molecule has 2 rings (SSSR count). The van der Waals surface area contributed by atoms with Crippen LogP contribution in [0.1, 0.15) is 17.6 Å². The molecule has 0 bridgehead atoms. The summed E-state index contributed by atoms with van der Waals surface area (Å²) in [6.45, 7) is 2.74. The smallest absolute Gasteiger partial charge is 0.228 e. The molecular formula is C16H20ClN3O2S. The van der Waals surface area contributed by atoms with Gasteiger partial charge in [0, 0.05) is 30.0 Å². The molecule has 0 aliphatic carbocycles. The van der Waals surface area contributed by atoms with Crippen molar-refractivity contribution in [3.05, 3.63) is 45.4 Å². The summed E-state index contributed by atoms with van der Waals surface area (Å²) in [7, 11) is 1.76. The molecule has 2 aromatic rings. The molecule has 1 unspecified atom stereocenters. The van der Waals surface area contributed by atoms with Crippen molar-refractivity contribution >= 4 is 28.8 Å². The molecule has 2 N–H and O–H groups in total. The molecule has 0 spiro atoms. The van der Waals surface area contributed by atoms with Gasteiger partial charge in [-0.3, -0.25) is 4.79 Å². The summed E-state index contributed by atoms with van der Waals surface area (Å²) in [5.41, 5.74) is 6.34. The van der Waals surface area contributed by atoms with Gasteiger partial charge in [-0.15, -0.1) is 11.3 Å². The number of nitrogens with zero attached hydrogens (tertiary/aromatic N) is 2. The van der Waals surface area contributed by atoms with Gasteiger partial charge in [-0.05, 0) is 31.2 Å². The zero-order valence-corrected chi connectivity index (χ0v) is 14.7. The zero-order chi connectivity index (χ0) is 16.8. The third-order valence-corrected chi connectivity index (χ3v) is 4.63. The van der Waals surface area contributed by atoms with Crippen molar-refractivity contribution in [2.24, 2.45) is 5.73 Å². The van der Waals surface area contributed by atoms with Gasteiger partial charge in [-0.2, -0.15) is 0 Å². The minimum absolute atomic E-state index is 0.0124. The number of halogens is 1. The Hall–Kier alpha value is -1.63. The SMILES string of the molecule is CC(CN)N(C)C(=O)Cc1csc(COc2ccc(Cl)cc2)n1. The summed E-state index contributed by atoms with van der Waals surface area (Å²) in [5.74, 6) is 0.747. The van der Waals surface area contributed by atoms with Crippen LogP contribution in [0, 0.1) is 0 Å². The fraction of sp³-hybridized carbons (Fsp3) is 0.375. The number of carbonyl (C=O) groups excluding carboxylic acids is 1. The Labute approximate surface area is 145 Å². The van der Waals surface area contributed by atoms with Crippen LogP contribution >= 0.6 is 22.9 Å². The fourth-order valence-corrected chi connectivity index (χ4v) is 2.69. The van der Waals surface area contributed by atoms with E-state index in [0.29, 0.717) is 18.2 Å². The van der Waals surface area contributed by atoms with Gasteiger partial charge in [0.2, 0.25) is 5.91 Å². The van der Waals surface area contributed by atoms with Gasteiger partial charge in [-0.1, -0.05) is 11.6 Å². The lowest BCUT2D eigenvalue weighted by Gasteiger charge is -2.23. The summed E-state index contributed by atoms with van der Waals surface area (Å²) < 4.78 is 5.65. The lowest BCUT2D eigenvalue weighted by atomic mass is 10.2. The third kappa shape index (κ3) is 5.20. The largest absolute Gasteiger partial charge is 0.486 e. The first kappa shape index (κ1) is 17.7. The number of hydrogen-bond acceptors (Lipinski definition) is 5. The Kier molecular flexibility index (Phi) is 6.38. The van der Waals surface area contributed by atoms with Crippen LogP contribution in [0.3, 0.4) is 0 Å². The molecule has 0 fully saturated rings. The predicted octanol–water partition coefficient (Wildman–Crippen LogP) is 2.72. The van der Waals surface area contributed by atoms with Gasteiger partial charge >= 0.3 is 0 Å². The highest BCUT2D eigenvalue weighted by molar-refractivity contribution is 7.09. The van der Waals surface area contributed by atoms with Crippen molar-refractivity contribution < 1.29 is 9.53 Å². The van der Waals surface area contributed by atoms with Crippen molar-refractivity contribution in [2.45, 2.75) is 26.0 Å². The summed E-state index contributed by atoms with van der Waals surface area (Å²) in [6, 6.07) is 7.19. The van der Waals surface area contributed by atoms with Crippen molar-refractivity contribution in [3.8, 4) is 5.75 Å². The second kappa shape index (κ2) is 8.29. The van der Waals surface area contributed by atoms with E-state index in [-0.39, 0.29) is 18.4 Å². The van der Waals surface area contributed by atoms with Crippen LogP contribution in [0.15, 0.2) is 29.6 Å². The van der Waals surface area contributed by atoms with E-state index < -0.39 is 0 Å². The van der Waals surface area contributed by atoms with Crippen molar-refractivity contribution in [1.82, 2.24) is 9.88 Å². The van der Waals surface area contributed by atoms with Gasteiger partial charge < -0.3 is 15.4 Å². The van der Waals surface area contributed by atoms with E-state index in [1.807, 2.05) is 24.4 Å². The minimum Gasteiger partial charge on any atom is -0.486 e. The number of rotatable bonds is 7. The Balaban J connectivity index is 1.88. The van der Waals surface area contributed by atoms with E-state index in [4.69, 9.17) is 22.1 Å². The highest BCUT2D eigenvalue weighted by atomic mass is 35.5. The summed E-state index contributed by atoms with van der Waals surface area (Å²) in [6.07, 6.45) is 0.276. The maximum atomic E-state index is 12.1. The van der Waals surface area contributed by atoms with Crippen LogP contribution < -0.4 is 10.5 Å². The second-order valence-corrected chi connectivity index (χ2v) is 6.62. The Bertz CT molecular complexity index is 645. The minimum atomic E-state index is 0.0124. The van der Waals surface area contributed by atoms with Crippen LogP contribution in [-0.4, -0.2) is 35.4 Å². The average Bonchev–Trinajstić information content (AvgIpc) is 3.00. The van der Waals surface area contributed by atoms with Gasteiger partial charge in [0.15, 0.2) is 0 Å². The lowest BCUT2D eigenvalue weighted by Crippen LogP contribution is -2.40. The van der Waals surface area contributed by atoms with Crippen LogP contribution in [0.25, 0.3) is 0 Å². The normalized spacial score (nSPS) is 12.0. The fourth-order valence-electron chi connectivity index (χ4n) is 1.86. The Morgan fingerprint density at radius 2 is 2.13 bits per heavy atom. The first-order valence-electron chi connectivity index (χ1n) is 7.27. The van der Waals surface area contributed by atoms with Gasteiger partial charge in [-0.25, -0.2) is 4.98 Å². The first-order valence-corrected chi connectivity index (χ1v) is 8.52. The number of aromatic nitrogens is 1. The molecule has 7 heteroatoms. The van der Waals surface area contributed by atoms with E-state index in [0.717, 1.165) is 16.5 Å². The third-order valence-electron chi connectivity index (χ3n) is 3.50. The maximum absolute atomic E-state index is 12.1. The molecule has 1 aromatic carbocycles. The molecule has 5 nitrogen and oxygen atoms in total. The molecule has 0 radical (unpaired) electrons. The quantitative estimate of drug-likeness (QED) is 0.831. The van der Waals surface area contributed by atoms with Gasteiger partial charge in [0.05, 0.1) is 12.1 Å². The number of benzene rings is 1. The Morgan fingerprint density at radius 1 is 1.43 bits per heavy atom. The zero-order valence-electron chi connectivity index (χ0n) is 13.2. The highest BCUT2D eigenvalue weighted by Crippen LogP contribution is 2.18. The monoisotopic (exact) mass is 353 g/mol. The van der Waals surface area contributed by atoms with Gasteiger partial charge in [0.1, 0.15) is 17.4 Å². The molecule has 124 valence electrons. The number of nitrogens with two attached hydrogens (primary N) is 1. The molecule has 0 aliphatic rings. The summed E-state index contributed by atoms with van der Waals surface area (Å²) >= 11 is 7.31. The molecular weight excluding hydrogens is 334 g/mol. The molecule has 0 saturated carbocycles. The van der Waals surface area contributed by atoms with Crippen molar-refractivity contribution in [2.75, 3.05) is 13.6 Å². The number of carbonyl (C=O) groups is 1. The van der Waals surface area contributed by atoms with E-state index in [1.165, 1.54) is 11.3 Å². The lowest BCUT2D eigenvalue weighted by molar-refractivity contribution is -0.130. The van der Waals surface area contributed by atoms with E-state index in [2.05, 4.69) is 4.98 Å². The molecule has 1 aromatic heterocycles. The molecule has 1 heterocycles. The summed E-state index contributed by atoms with van der Waals surface area (Å²) in [4.78, 5) is 18.2. The standard InChI is InChI=1S/C16H20ClN3O2S/c1-11(8-18)20(2)16(21)7-13-10-23-15(19-13)9-22-14-5-3-12(17)4-6-14/h3-6,10-11H,7-9,18H2,1-2H3. The molecule has 1 atom stereocenters. The molecule has 1 amide bonds. The number of thiazole rings is 1. The van der Waals surface area contributed by atoms with Gasteiger partial charge in [0.25, 0.3) is 0 Å². The number of likely N-dealkylation sites (N-methyl/N-ethyl adjacent to an activating group) is 1. The molecule has 0 saturated heterocycles. The van der Waals surface area contributed by atoms with Crippen molar-refractivity contribution in [3.63, 3.8) is 0 Å². The molecule has 23 heavy (non-hydrogen) atoms. The van der Waals surface area contributed by atoms with E-state index >= 15 is 0 Å². The molecule has 0 aliphatic heterocycles. The topological polar surface area (TPSA) is 68.5 Å². The van der Waals surface area contributed by atoms with Crippen LogP contribution in [0.5, 0.6) is 5.75 Å². The average molecular weight is 354 g/mol. The van der Waals surface area contributed by atoms with Crippen LogP contribution in [0.4, 0.5) is 0 Å². The van der Waals surface area contributed by atoms with E-state index in [9.17, 15) is 4.79 Å². The summed E-state index contributed by atoms with van der Waals surface area (Å²) in [5, 5.41) is 3.39. The van der Waals surface area contributed by atoms with Crippen molar-refractivity contribution in [1.29, 1.82) is 0 Å². The number of amides is 1. The first-order chi connectivity index (χ1) is 11.0. The number of ether oxygens (including phenoxy) is 1. The predicted molar refractivity (Wildman–Crippen MR) is 92.9 cm³/mol. The number of hydrogen-bond donors (Lipinski definition) is 1. The highest BCUT2D eigenvalue weighted by Gasteiger charge is 2.16. The van der Waals surface area contributed by atoms with E-state index in [1.54, 1.807) is 24.1 Å². The maximum Gasteiger partial charge on any atom is 0.228 e. The second-order valence-electron chi connectivity index (χ2n) is 5.24.